The number of nitrogens with zero attached hydrogens (tertiary/aromatic N) is 2. The zero-order valence-corrected chi connectivity index (χ0v) is 42.3. The van der Waals surface area contributed by atoms with E-state index in [1.165, 1.54) is 68.6 Å². The third-order valence-electron chi connectivity index (χ3n) is 8.87. The molecule has 0 saturated carbocycles. The number of aliphatic hydroxyl groups is 2. The monoisotopic (exact) mass is 1050 g/mol. The fourth-order valence-corrected chi connectivity index (χ4v) is 5.31. The number of hydrogen-bond donors (Lipinski definition) is 3. The van der Waals surface area contributed by atoms with Crippen molar-refractivity contribution in [2.75, 3.05) is 81.8 Å². The smallest absolute Gasteiger partial charge is 0.414 e. The molecule has 2 amide bonds. The first-order chi connectivity index (χ1) is 33.9. The molecule has 0 atom stereocenters. The number of alkyl halides is 1. The molecule has 4 aromatic carbocycles. The summed E-state index contributed by atoms with van der Waals surface area (Å²) in [4.78, 5) is 74.6. The van der Waals surface area contributed by atoms with Gasteiger partial charge in [-0.1, -0.05) is 64.5 Å². The Morgan fingerprint density at radius 3 is 1.10 bits per heavy atom. The summed E-state index contributed by atoms with van der Waals surface area (Å²) in [5.41, 5.74) is 2.62. The van der Waals surface area contributed by atoms with E-state index in [9.17, 15) is 33.9 Å². The van der Waals surface area contributed by atoms with Gasteiger partial charge in [0.2, 0.25) is 0 Å². The Kier molecular flexibility index (Phi) is 26.9. The molecule has 0 heterocycles. The number of allylic oxidation sites excluding steroid dienone is 4. The highest BCUT2D eigenvalue weighted by Crippen LogP contribution is 2.31. The lowest BCUT2D eigenvalue weighted by Crippen LogP contribution is -2.25. The lowest BCUT2D eigenvalue weighted by Gasteiger charge is -2.13. The first kappa shape index (κ1) is 59.4. The van der Waals surface area contributed by atoms with Gasteiger partial charge >= 0.3 is 12.2 Å². The topological polar surface area (TPSA) is 234 Å². The van der Waals surface area contributed by atoms with Crippen LogP contribution in [0.4, 0.5) is 9.59 Å². The summed E-state index contributed by atoms with van der Waals surface area (Å²) < 4.78 is 36.6. The number of ether oxygens (including phenoxy) is 7. The summed E-state index contributed by atoms with van der Waals surface area (Å²) in [5, 5.41) is 27.0. The first-order valence-electron chi connectivity index (χ1n) is 21.4. The maximum atomic E-state index is 12.2. The van der Waals surface area contributed by atoms with Gasteiger partial charge in [0, 0.05) is 33.5 Å². The van der Waals surface area contributed by atoms with Crippen LogP contribution in [0.2, 0.25) is 0 Å². The molecule has 4 aromatic rings. The van der Waals surface area contributed by atoms with Crippen LogP contribution in [0.3, 0.4) is 0 Å². The van der Waals surface area contributed by atoms with E-state index in [0.717, 1.165) is 0 Å². The van der Waals surface area contributed by atoms with Gasteiger partial charge in [0.1, 0.15) is 6.61 Å². The summed E-state index contributed by atoms with van der Waals surface area (Å²) in [7, 11) is 12.1. The molecular formula is C52H59BrN2O16. The number of hydrogen-bond acceptors (Lipinski definition) is 16. The lowest BCUT2D eigenvalue weighted by molar-refractivity contribution is -0.123. The Morgan fingerprint density at radius 1 is 0.479 bits per heavy atom. The van der Waals surface area contributed by atoms with Crippen LogP contribution in [-0.4, -0.2) is 142 Å². The second-order valence-electron chi connectivity index (χ2n) is 14.7. The van der Waals surface area contributed by atoms with E-state index < -0.39 is 12.2 Å². The molecular weight excluding hydrogens is 988 g/mol. The summed E-state index contributed by atoms with van der Waals surface area (Å²) >= 11 is 3.00. The van der Waals surface area contributed by atoms with Crippen LogP contribution < -0.4 is 33.2 Å². The molecule has 0 unspecified atom stereocenters. The molecule has 18 nitrogen and oxygen atoms in total. The molecule has 0 aliphatic carbocycles. The maximum Gasteiger partial charge on any atom is 0.414 e. The zero-order valence-electron chi connectivity index (χ0n) is 40.7. The number of rotatable bonds is 22. The van der Waals surface area contributed by atoms with Crippen molar-refractivity contribution in [3.8, 4) is 46.0 Å². The van der Waals surface area contributed by atoms with Gasteiger partial charge in [0.25, 0.3) is 0 Å². The fraction of sp³-hybridized carbons (Fsp3) is 0.269. The van der Waals surface area contributed by atoms with E-state index in [1.54, 1.807) is 119 Å². The fourth-order valence-electron chi connectivity index (χ4n) is 5.31. The number of carbonyl (C=O) groups is 6. The van der Waals surface area contributed by atoms with Crippen LogP contribution in [0.15, 0.2) is 97.1 Å². The van der Waals surface area contributed by atoms with Crippen molar-refractivity contribution >= 4 is 75.6 Å². The van der Waals surface area contributed by atoms with E-state index in [1.807, 2.05) is 0 Å². The van der Waals surface area contributed by atoms with Crippen LogP contribution >= 0.6 is 15.9 Å². The summed E-state index contributed by atoms with van der Waals surface area (Å²) in [6.07, 6.45) is 9.78. The van der Waals surface area contributed by atoms with Gasteiger partial charge in [-0.25, -0.2) is 9.59 Å². The van der Waals surface area contributed by atoms with E-state index in [2.05, 4.69) is 15.9 Å². The molecule has 0 aliphatic rings. The standard InChI is InChI=1S/C26H29NO8.C24H25NO7.C2H5BrO/c1-27(2)26(31)35-23-12-8-19(16-25(23)33-4)6-10-21(30)17-20(29)9-5-18-7-11-22(34-14-13-28)24(15-18)32-3;1-25(2)24(29)32-21-12-8-17(14-23(21)31-4)6-10-19(27)15-18(26)9-5-16-7-11-20(28)22(13-16)30-3;3-1-2-4/h5-12,15-16,28H,13-14,17H2,1-4H3;5-14,28H,15H2,1-4H3;4H,1-2H2/b2*9-5+,10-6+;. The normalized spacial score (nSPS) is 10.7. The van der Waals surface area contributed by atoms with Gasteiger partial charge in [0.15, 0.2) is 69.1 Å². The van der Waals surface area contributed by atoms with Crippen molar-refractivity contribution in [2.24, 2.45) is 0 Å². The Morgan fingerprint density at radius 2 is 0.789 bits per heavy atom. The van der Waals surface area contributed by atoms with Crippen molar-refractivity contribution < 1.29 is 77.2 Å². The van der Waals surface area contributed by atoms with Gasteiger partial charge in [0.05, 0.1) is 54.5 Å². The minimum Gasteiger partial charge on any atom is -0.504 e. The third-order valence-corrected chi connectivity index (χ3v) is 9.22. The van der Waals surface area contributed by atoms with E-state index in [-0.39, 0.29) is 78.8 Å². The van der Waals surface area contributed by atoms with Crippen molar-refractivity contribution in [2.45, 2.75) is 12.8 Å². The number of halogens is 1. The number of phenols is 1. The third kappa shape index (κ3) is 22.0. The molecule has 19 heteroatoms. The van der Waals surface area contributed by atoms with Gasteiger partial charge in [-0.15, -0.1) is 0 Å². The highest BCUT2D eigenvalue weighted by molar-refractivity contribution is 9.09. The number of aromatic hydroxyl groups is 1. The van der Waals surface area contributed by atoms with Gasteiger partial charge in [-0.3, -0.25) is 19.2 Å². The van der Waals surface area contributed by atoms with Crippen LogP contribution in [0.25, 0.3) is 24.3 Å². The molecule has 71 heavy (non-hydrogen) atoms. The molecule has 3 N–H and O–H groups in total. The molecule has 0 spiro atoms. The van der Waals surface area contributed by atoms with Crippen LogP contribution in [-0.2, 0) is 19.2 Å². The Bertz CT molecular complexity index is 2550. The largest absolute Gasteiger partial charge is 0.504 e. The highest BCUT2D eigenvalue weighted by atomic mass is 79.9. The second-order valence-corrected chi connectivity index (χ2v) is 15.5. The van der Waals surface area contributed by atoms with Gasteiger partial charge in [-0.05, 0) is 95.1 Å². The van der Waals surface area contributed by atoms with Crippen LogP contribution in [0, 0.1) is 0 Å². The molecule has 380 valence electrons. The van der Waals surface area contributed by atoms with Crippen molar-refractivity contribution in [1.29, 1.82) is 0 Å². The number of benzene rings is 4. The predicted octanol–water partition coefficient (Wildman–Crippen LogP) is 7.49. The maximum absolute atomic E-state index is 12.2. The number of amides is 2. The highest BCUT2D eigenvalue weighted by Gasteiger charge is 2.14. The van der Waals surface area contributed by atoms with Crippen molar-refractivity contribution in [1.82, 2.24) is 9.80 Å². The van der Waals surface area contributed by atoms with Gasteiger partial charge < -0.3 is 58.3 Å². The molecule has 0 aromatic heterocycles. The Balaban J connectivity index is 0.000000454. The van der Waals surface area contributed by atoms with Gasteiger partial charge in [-0.2, -0.15) is 0 Å². The zero-order chi connectivity index (χ0) is 52.9. The lowest BCUT2D eigenvalue weighted by atomic mass is 10.1. The summed E-state index contributed by atoms with van der Waals surface area (Å²) in [6, 6.07) is 19.4. The Hall–Kier alpha value is -7.74. The van der Waals surface area contributed by atoms with E-state index in [0.29, 0.717) is 50.6 Å². The molecule has 4 rings (SSSR count). The number of phenolic OH excluding ortho intramolecular Hbond substituents is 1. The molecule has 0 radical (unpaired) electrons. The molecule has 0 bridgehead atoms. The molecule has 0 fully saturated rings. The molecule has 0 aliphatic heterocycles. The SMILES string of the molecule is COc1cc(/C=C/C(=O)CC(=O)/C=C/c2ccc(OC(=O)N(C)C)c(OC)c2)ccc1O.COc1cc(/C=C/C(=O)CC(=O)/C=C/c2ccc(OC(=O)N(C)C)c(OC)c2)ccc1OCCO.OCCBr. The summed E-state index contributed by atoms with van der Waals surface area (Å²) in [6.45, 7) is 0.257. The summed E-state index contributed by atoms with van der Waals surface area (Å²) in [5.74, 6) is 0.926. The first-order valence-corrected chi connectivity index (χ1v) is 22.5. The number of methoxy groups -OCH3 is 4. The number of ketones is 4. The molecule has 0 saturated heterocycles. The average Bonchev–Trinajstić information content (AvgIpc) is 3.36. The second kappa shape index (κ2) is 32.1. The van der Waals surface area contributed by atoms with E-state index in [4.69, 9.17) is 43.4 Å². The Labute approximate surface area is 421 Å². The number of aliphatic hydroxyl groups excluding tert-OH is 2. The average molecular weight is 1050 g/mol. The van der Waals surface area contributed by atoms with E-state index >= 15 is 0 Å². The van der Waals surface area contributed by atoms with Crippen molar-refractivity contribution in [3.05, 3.63) is 119 Å². The minimum atomic E-state index is -0.544. The predicted molar refractivity (Wildman–Crippen MR) is 272 cm³/mol. The van der Waals surface area contributed by atoms with Crippen LogP contribution in [0.5, 0.6) is 46.0 Å². The van der Waals surface area contributed by atoms with Crippen molar-refractivity contribution in [3.63, 3.8) is 0 Å². The quantitative estimate of drug-likeness (QED) is 0.0393. The minimum absolute atomic E-state index is 0.00295. The van der Waals surface area contributed by atoms with Crippen LogP contribution in [0.1, 0.15) is 35.1 Å². The number of carbonyl (C=O) groups excluding carboxylic acids is 6.